The van der Waals surface area contributed by atoms with Crippen LogP contribution in [-0.4, -0.2) is 18.8 Å². The van der Waals surface area contributed by atoms with E-state index in [1.165, 1.54) is 0 Å². The van der Waals surface area contributed by atoms with Crippen molar-refractivity contribution in [3.63, 3.8) is 0 Å². The van der Waals surface area contributed by atoms with Crippen molar-refractivity contribution < 1.29 is 14.3 Å². The third-order valence-corrected chi connectivity index (χ3v) is 4.62. The Morgan fingerprint density at radius 1 is 0.962 bits per heavy atom. The van der Waals surface area contributed by atoms with Gasteiger partial charge in [0.15, 0.2) is 5.78 Å². The number of carbonyl (C=O) groups excluding carboxylic acids is 2. The van der Waals surface area contributed by atoms with Crippen LogP contribution in [0, 0.1) is 17.2 Å². The van der Waals surface area contributed by atoms with Gasteiger partial charge in [-0.25, -0.2) is 0 Å². The minimum atomic E-state index is -0.988. The maximum atomic E-state index is 12.9. The van der Waals surface area contributed by atoms with Crippen LogP contribution < -0.4 is 10.1 Å². The summed E-state index contributed by atoms with van der Waals surface area (Å²) in [5.41, 5.74) is 2.94. The molecule has 2 aromatic rings. The molecule has 4 rings (SSSR count). The van der Waals surface area contributed by atoms with Gasteiger partial charge >= 0.3 is 0 Å². The number of hydrogen-bond donors (Lipinski definition) is 1. The first-order valence-electron chi connectivity index (χ1n) is 8.09. The van der Waals surface area contributed by atoms with Crippen molar-refractivity contribution in [2.45, 2.75) is 0 Å². The molecule has 0 fully saturated rings. The van der Waals surface area contributed by atoms with Gasteiger partial charge < -0.3 is 10.1 Å². The smallest absolute Gasteiger partial charge is 0.256 e. The van der Waals surface area contributed by atoms with E-state index < -0.39 is 5.92 Å². The molecule has 5 nitrogen and oxygen atoms in total. The number of ether oxygens (including phenoxy) is 1. The lowest BCUT2D eigenvalue weighted by Gasteiger charge is -2.10. The molecule has 126 valence electrons. The summed E-state index contributed by atoms with van der Waals surface area (Å²) in [5.74, 6) is -1.02. The Kier molecular flexibility index (Phi) is 3.67. The number of methoxy groups -OCH3 is 1. The van der Waals surface area contributed by atoms with Crippen molar-refractivity contribution in [3.05, 3.63) is 76.9 Å². The maximum absolute atomic E-state index is 12.9. The van der Waals surface area contributed by atoms with E-state index in [-0.39, 0.29) is 11.7 Å². The number of hydrogen-bond acceptors (Lipinski definition) is 4. The number of Topliss-reactive ketones (excluding diaryl/α,β-unsaturated/α-hetero) is 1. The average molecular weight is 342 g/mol. The Morgan fingerprint density at radius 2 is 1.65 bits per heavy atom. The van der Waals surface area contributed by atoms with Crippen molar-refractivity contribution in [2.75, 3.05) is 7.11 Å². The lowest BCUT2D eigenvalue weighted by atomic mass is 9.93. The quantitative estimate of drug-likeness (QED) is 0.930. The maximum Gasteiger partial charge on any atom is 0.256 e. The number of carbonyl (C=O) groups is 2. The van der Waals surface area contributed by atoms with Crippen molar-refractivity contribution in [1.29, 1.82) is 5.26 Å². The van der Waals surface area contributed by atoms with Gasteiger partial charge in [0.2, 0.25) is 0 Å². The number of nitrogens with one attached hydrogen (secondary N) is 1. The lowest BCUT2D eigenvalue weighted by molar-refractivity contribution is -0.117. The Balaban J connectivity index is 1.94. The van der Waals surface area contributed by atoms with Crippen molar-refractivity contribution in [1.82, 2.24) is 5.32 Å². The Labute approximate surface area is 150 Å². The molecule has 26 heavy (non-hydrogen) atoms. The van der Waals surface area contributed by atoms with Gasteiger partial charge in [0.1, 0.15) is 11.7 Å². The summed E-state index contributed by atoms with van der Waals surface area (Å²) in [5, 5.41) is 12.4. The number of benzene rings is 2. The van der Waals surface area contributed by atoms with Gasteiger partial charge in [0.05, 0.1) is 30.0 Å². The van der Waals surface area contributed by atoms with E-state index in [1.807, 2.05) is 30.3 Å². The lowest BCUT2D eigenvalue weighted by Crippen LogP contribution is -2.18. The standard InChI is InChI=1S/C21H14N2O3/c1-26-14-9-7-12(8-10-14)16-15(11-22)20(24)18-17(16)21(25)23-19(18)13-5-3-2-4-6-13/h2-10,15H,1H3,(H,23,25). The molecule has 1 heterocycles. The molecule has 5 heteroatoms. The fourth-order valence-electron chi connectivity index (χ4n) is 3.43. The van der Waals surface area contributed by atoms with Crippen LogP contribution in [0.25, 0.3) is 11.3 Å². The number of allylic oxidation sites excluding steroid dienone is 1. The molecule has 1 atom stereocenters. The number of ketones is 1. The summed E-state index contributed by atoms with van der Waals surface area (Å²) in [4.78, 5) is 25.6. The van der Waals surface area contributed by atoms with Gasteiger partial charge in [-0.2, -0.15) is 5.26 Å². The number of nitriles is 1. The van der Waals surface area contributed by atoms with Crippen LogP contribution in [0.15, 0.2) is 65.7 Å². The van der Waals surface area contributed by atoms with Gasteiger partial charge in [-0.15, -0.1) is 0 Å². The molecule has 0 saturated heterocycles. The predicted octanol–water partition coefficient (Wildman–Crippen LogP) is 2.71. The largest absolute Gasteiger partial charge is 0.497 e. The minimum absolute atomic E-state index is 0.297. The number of rotatable bonds is 3. The molecule has 1 amide bonds. The fourth-order valence-corrected chi connectivity index (χ4v) is 3.43. The summed E-state index contributed by atoms with van der Waals surface area (Å²) in [6.45, 7) is 0. The molecule has 0 aromatic heterocycles. The minimum Gasteiger partial charge on any atom is -0.497 e. The number of nitrogens with zero attached hydrogens (tertiary/aromatic N) is 1. The zero-order valence-electron chi connectivity index (χ0n) is 13.9. The van der Waals surface area contributed by atoms with E-state index in [4.69, 9.17) is 4.74 Å². The van der Waals surface area contributed by atoms with Gasteiger partial charge in [0, 0.05) is 0 Å². The molecule has 1 unspecified atom stereocenters. The highest BCUT2D eigenvalue weighted by Gasteiger charge is 2.46. The number of amides is 1. The molecule has 0 radical (unpaired) electrons. The first kappa shape index (κ1) is 15.9. The van der Waals surface area contributed by atoms with Crippen LogP contribution in [0.5, 0.6) is 5.75 Å². The van der Waals surface area contributed by atoms with Crippen molar-refractivity contribution in [2.24, 2.45) is 5.92 Å². The molecule has 1 N–H and O–H groups in total. The van der Waals surface area contributed by atoms with Crippen LogP contribution in [0.4, 0.5) is 0 Å². The highest BCUT2D eigenvalue weighted by Crippen LogP contribution is 2.45. The molecule has 2 aliphatic rings. The first-order chi connectivity index (χ1) is 12.7. The number of fused-ring (bicyclic) bond motifs is 1. The Bertz CT molecular complexity index is 1030. The monoisotopic (exact) mass is 342 g/mol. The molecule has 2 aromatic carbocycles. The molecular formula is C21H14N2O3. The van der Waals surface area contributed by atoms with Gasteiger partial charge in [-0.3, -0.25) is 9.59 Å². The van der Waals surface area contributed by atoms with E-state index in [0.29, 0.717) is 33.7 Å². The van der Waals surface area contributed by atoms with Gasteiger partial charge in [-0.05, 0) is 28.8 Å². The van der Waals surface area contributed by atoms with E-state index in [0.717, 1.165) is 5.56 Å². The topological polar surface area (TPSA) is 79.2 Å². The summed E-state index contributed by atoms with van der Waals surface area (Å²) >= 11 is 0. The molecule has 1 aliphatic heterocycles. The molecule has 0 saturated carbocycles. The van der Waals surface area contributed by atoms with Gasteiger partial charge in [-0.1, -0.05) is 42.5 Å². The highest BCUT2D eigenvalue weighted by atomic mass is 16.5. The zero-order chi connectivity index (χ0) is 18.3. The average Bonchev–Trinajstić information content (AvgIpc) is 3.18. The first-order valence-corrected chi connectivity index (χ1v) is 8.09. The Morgan fingerprint density at radius 3 is 2.27 bits per heavy atom. The van der Waals surface area contributed by atoms with E-state index in [2.05, 4.69) is 11.4 Å². The molecule has 0 spiro atoms. The predicted molar refractivity (Wildman–Crippen MR) is 95.5 cm³/mol. The van der Waals surface area contributed by atoms with Crippen LogP contribution in [0.1, 0.15) is 11.1 Å². The van der Waals surface area contributed by atoms with Crippen molar-refractivity contribution in [3.8, 4) is 11.8 Å². The molecule has 0 bridgehead atoms. The van der Waals surface area contributed by atoms with E-state index in [9.17, 15) is 14.9 Å². The molecular weight excluding hydrogens is 328 g/mol. The third-order valence-electron chi connectivity index (χ3n) is 4.62. The summed E-state index contributed by atoms with van der Waals surface area (Å²) in [7, 11) is 1.56. The zero-order valence-corrected chi connectivity index (χ0v) is 13.9. The van der Waals surface area contributed by atoms with Crippen LogP contribution in [0.2, 0.25) is 0 Å². The molecule has 1 aliphatic carbocycles. The van der Waals surface area contributed by atoms with Crippen LogP contribution in [-0.2, 0) is 9.59 Å². The fraction of sp³-hybridized carbons (Fsp3) is 0.0952. The van der Waals surface area contributed by atoms with Crippen LogP contribution in [0.3, 0.4) is 0 Å². The Hall–Kier alpha value is -3.65. The van der Waals surface area contributed by atoms with Gasteiger partial charge in [0.25, 0.3) is 5.91 Å². The normalized spacial score (nSPS) is 18.7. The second-order valence-corrected chi connectivity index (χ2v) is 6.01. The second-order valence-electron chi connectivity index (χ2n) is 6.01. The SMILES string of the molecule is COc1ccc(C2=C3C(=O)NC(c4ccccc4)=C3C(=O)C2C#N)cc1. The summed E-state index contributed by atoms with van der Waals surface area (Å²) in [6, 6.07) is 18.2. The van der Waals surface area contributed by atoms with E-state index in [1.54, 1.807) is 31.4 Å². The van der Waals surface area contributed by atoms with Crippen molar-refractivity contribution >= 4 is 23.0 Å². The van der Waals surface area contributed by atoms with E-state index >= 15 is 0 Å². The summed E-state index contributed by atoms with van der Waals surface area (Å²) < 4.78 is 5.15. The third kappa shape index (κ3) is 2.24. The highest BCUT2D eigenvalue weighted by molar-refractivity contribution is 6.33. The summed E-state index contributed by atoms with van der Waals surface area (Å²) in [6.07, 6.45) is 0. The second kappa shape index (κ2) is 6.01. The van der Waals surface area contributed by atoms with Crippen LogP contribution >= 0.6 is 0 Å².